The number of carbonyl (C=O) groups is 1. The van der Waals surface area contributed by atoms with Crippen LogP contribution in [0.1, 0.15) is 32.1 Å². The first-order valence-corrected chi connectivity index (χ1v) is 7.59. The SMILES string of the molecule is O=C(CC1CCCCO1)N1CCCNc2ccccc21. The average Bonchev–Trinajstić information content (AvgIpc) is 2.70. The molecule has 1 N–H and O–H groups in total. The standard InChI is InChI=1S/C16H22N2O2/c19-16(12-13-6-3-4-11-20-13)18-10-5-9-17-14-7-1-2-8-15(14)18/h1-2,7-8,13,17H,3-6,9-12H2. The highest BCUT2D eigenvalue weighted by Crippen LogP contribution is 2.29. The molecule has 1 atom stereocenters. The first-order chi connectivity index (χ1) is 9.84. The van der Waals surface area contributed by atoms with Gasteiger partial charge in [-0.25, -0.2) is 0 Å². The third kappa shape index (κ3) is 2.96. The van der Waals surface area contributed by atoms with Crippen LogP contribution in [0.15, 0.2) is 24.3 Å². The lowest BCUT2D eigenvalue weighted by atomic mass is 10.1. The fraction of sp³-hybridized carbons (Fsp3) is 0.562. The van der Waals surface area contributed by atoms with Crippen LogP contribution < -0.4 is 10.2 Å². The van der Waals surface area contributed by atoms with Gasteiger partial charge in [0, 0.05) is 19.7 Å². The lowest BCUT2D eigenvalue weighted by Crippen LogP contribution is -2.35. The topological polar surface area (TPSA) is 41.6 Å². The van der Waals surface area contributed by atoms with Gasteiger partial charge in [-0.3, -0.25) is 4.79 Å². The quantitative estimate of drug-likeness (QED) is 0.901. The second-order valence-corrected chi connectivity index (χ2v) is 5.54. The average molecular weight is 274 g/mol. The van der Waals surface area contributed by atoms with Crippen molar-refractivity contribution in [1.82, 2.24) is 0 Å². The lowest BCUT2D eigenvalue weighted by molar-refractivity contribution is -0.122. The van der Waals surface area contributed by atoms with Crippen molar-refractivity contribution in [2.24, 2.45) is 0 Å². The summed E-state index contributed by atoms with van der Waals surface area (Å²) in [4.78, 5) is 14.5. The number of anilines is 2. The van der Waals surface area contributed by atoms with E-state index in [4.69, 9.17) is 4.74 Å². The van der Waals surface area contributed by atoms with E-state index in [1.54, 1.807) is 0 Å². The smallest absolute Gasteiger partial charge is 0.229 e. The number of benzene rings is 1. The summed E-state index contributed by atoms with van der Waals surface area (Å²) < 4.78 is 5.70. The minimum atomic E-state index is 0.111. The zero-order chi connectivity index (χ0) is 13.8. The van der Waals surface area contributed by atoms with E-state index in [-0.39, 0.29) is 12.0 Å². The van der Waals surface area contributed by atoms with Crippen LogP contribution in [0.25, 0.3) is 0 Å². The maximum Gasteiger partial charge on any atom is 0.229 e. The number of para-hydroxylation sites is 2. The molecule has 1 fully saturated rings. The Balaban J connectivity index is 1.73. The summed E-state index contributed by atoms with van der Waals surface area (Å²) in [7, 11) is 0. The van der Waals surface area contributed by atoms with E-state index in [1.807, 2.05) is 29.2 Å². The summed E-state index contributed by atoms with van der Waals surface area (Å²) in [5.74, 6) is 0.188. The molecule has 1 aromatic rings. The van der Waals surface area contributed by atoms with E-state index in [0.717, 1.165) is 50.3 Å². The molecular weight excluding hydrogens is 252 g/mol. The molecule has 2 aliphatic rings. The van der Waals surface area contributed by atoms with Gasteiger partial charge in [0.25, 0.3) is 0 Å². The minimum absolute atomic E-state index is 0.111. The van der Waals surface area contributed by atoms with E-state index < -0.39 is 0 Å². The number of hydrogen-bond acceptors (Lipinski definition) is 3. The van der Waals surface area contributed by atoms with Crippen LogP contribution in [-0.2, 0) is 9.53 Å². The second-order valence-electron chi connectivity index (χ2n) is 5.54. The van der Waals surface area contributed by atoms with Crippen LogP contribution in [-0.4, -0.2) is 31.7 Å². The molecule has 0 aliphatic carbocycles. The summed E-state index contributed by atoms with van der Waals surface area (Å²) in [6.45, 7) is 2.51. The van der Waals surface area contributed by atoms with Gasteiger partial charge in [-0.2, -0.15) is 0 Å². The number of nitrogens with zero attached hydrogens (tertiary/aromatic N) is 1. The van der Waals surface area contributed by atoms with Crippen molar-refractivity contribution in [2.45, 2.75) is 38.2 Å². The summed E-state index contributed by atoms with van der Waals surface area (Å²) in [5, 5.41) is 3.39. The molecule has 1 amide bonds. The summed E-state index contributed by atoms with van der Waals surface area (Å²) >= 11 is 0. The number of amides is 1. The van der Waals surface area contributed by atoms with E-state index in [1.165, 1.54) is 6.42 Å². The summed E-state index contributed by atoms with van der Waals surface area (Å²) in [5.41, 5.74) is 2.06. The van der Waals surface area contributed by atoms with Gasteiger partial charge in [0.2, 0.25) is 5.91 Å². The van der Waals surface area contributed by atoms with Crippen LogP contribution >= 0.6 is 0 Å². The van der Waals surface area contributed by atoms with Gasteiger partial charge in [0.1, 0.15) is 0 Å². The highest BCUT2D eigenvalue weighted by atomic mass is 16.5. The molecule has 0 saturated carbocycles. The van der Waals surface area contributed by atoms with Crippen LogP contribution in [0.2, 0.25) is 0 Å². The zero-order valence-electron chi connectivity index (χ0n) is 11.8. The molecule has 108 valence electrons. The van der Waals surface area contributed by atoms with E-state index in [2.05, 4.69) is 5.32 Å². The number of rotatable bonds is 2. The van der Waals surface area contributed by atoms with Crippen molar-refractivity contribution in [3.8, 4) is 0 Å². The molecule has 3 rings (SSSR count). The normalized spacial score (nSPS) is 22.6. The highest BCUT2D eigenvalue weighted by molar-refractivity contribution is 5.97. The first kappa shape index (κ1) is 13.4. The van der Waals surface area contributed by atoms with Gasteiger partial charge in [-0.05, 0) is 37.8 Å². The molecule has 1 aromatic carbocycles. The van der Waals surface area contributed by atoms with Gasteiger partial charge in [0.05, 0.1) is 23.9 Å². The predicted molar refractivity (Wildman–Crippen MR) is 80.1 cm³/mol. The van der Waals surface area contributed by atoms with E-state index in [0.29, 0.717) is 6.42 Å². The van der Waals surface area contributed by atoms with E-state index >= 15 is 0 Å². The third-order valence-electron chi connectivity index (χ3n) is 4.05. The molecular formula is C16H22N2O2. The van der Waals surface area contributed by atoms with Crippen LogP contribution in [0.4, 0.5) is 11.4 Å². The van der Waals surface area contributed by atoms with E-state index in [9.17, 15) is 4.79 Å². The molecule has 4 nitrogen and oxygen atoms in total. The number of ether oxygens (including phenoxy) is 1. The summed E-state index contributed by atoms with van der Waals surface area (Å²) in [6.07, 6.45) is 4.91. The predicted octanol–water partition coefficient (Wildman–Crippen LogP) is 2.79. The first-order valence-electron chi connectivity index (χ1n) is 7.59. The maximum absolute atomic E-state index is 12.6. The fourth-order valence-corrected chi connectivity index (χ4v) is 2.97. The molecule has 0 bridgehead atoms. The zero-order valence-corrected chi connectivity index (χ0v) is 11.8. The lowest BCUT2D eigenvalue weighted by Gasteiger charge is -2.27. The van der Waals surface area contributed by atoms with Crippen molar-refractivity contribution < 1.29 is 9.53 Å². The molecule has 0 aromatic heterocycles. The van der Waals surface area contributed by atoms with Crippen molar-refractivity contribution >= 4 is 17.3 Å². The second kappa shape index (κ2) is 6.27. The number of nitrogens with one attached hydrogen (secondary N) is 1. The molecule has 2 heterocycles. The van der Waals surface area contributed by atoms with Gasteiger partial charge in [-0.15, -0.1) is 0 Å². The Bertz CT molecular complexity index is 469. The Morgan fingerprint density at radius 2 is 2.20 bits per heavy atom. The Morgan fingerprint density at radius 1 is 1.30 bits per heavy atom. The molecule has 0 spiro atoms. The Hall–Kier alpha value is -1.55. The largest absolute Gasteiger partial charge is 0.383 e. The molecule has 20 heavy (non-hydrogen) atoms. The molecule has 2 aliphatic heterocycles. The van der Waals surface area contributed by atoms with Crippen LogP contribution in [0.3, 0.4) is 0 Å². The summed E-state index contributed by atoms with van der Waals surface area (Å²) in [6, 6.07) is 8.05. The van der Waals surface area contributed by atoms with Crippen molar-refractivity contribution in [3.63, 3.8) is 0 Å². The Kier molecular flexibility index (Phi) is 4.21. The van der Waals surface area contributed by atoms with Crippen molar-refractivity contribution in [1.29, 1.82) is 0 Å². The molecule has 1 saturated heterocycles. The molecule has 4 heteroatoms. The van der Waals surface area contributed by atoms with Gasteiger partial charge in [-0.1, -0.05) is 12.1 Å². The fourth-order valence-electron chi connectivity index (χ4n) is 2.97. The van der Waals surface area contributed by atoms with Crippen molar-refractivity contribution in [3.05, 3.63) is 24.3 Å². The van der Waals surface area contributed by atoms with Gasteiger partial charge in [0.15, 0.2) is 0 Å². The maximum atomic E-state index is 12.6. The Morgan fingerprint density at radius 3 is 3.05 bits per heavy atom. The molecule has 1 unspecified atom stereocenters. The number of fused-ring (bicyclic) bond motifs is 1. The van der Waals surface area contributed by atoms with Crippen molar-refractivity contribution in [2.75, 3.05) is 29.9 Å². The van der Waals surface area contributed by atoms with Gasteiger partial charge < -0.3 is 15.0 Å². The monoisotopic (exact) mass is 274 g/mol. The number of hydrogen-bond donors (Lipinski definition) is 1. The van der Waals surface area contributed by atoms with Gasteiger partial charge >= 0.3 is 0 Å². The third-order valence-corrected chi connectivity index (χ3v) is 4.05. The highest BCUT2D eigenvalue weighted by Gasteiger charge is 2.24. The Labute approximate surface area is 120 Å². The van der Waals surface area contributed by atoms with Crippen LogP contribution in [0, 0.1) is 0 Å². The molecule has 0 radical (unpaired) electrons. The van der Waals surface area contributed by atoms with Crippen LogP contribution in [0.5, 0.6) is 0 Å². The number of carbonyl (C=O) groups excluding carboxylic acids is 1. The minimum Gasteiger partial charge on any atom is -0.383 e.